The molecule has 0 saturated heterocycles. The number of methoxy groups -OCH3 is 1. The van der Waals surface area contributed by atoms with Crippen LogP contribution in [0, 0.1) is 11.3 Å². The first-order valence-corrected chi connectivity index (χ1v) is 9.93. The molecule has 6 nitrogen and oxygen atoms in total. The number of esters is 1. The van der Waals surface area contributed by atoms with Crippen LogP contribution < -0.4 is 14.8 Å². The van der Waals surface area contributed by atoms with E-state index in [4.69, 9.17) is 9.47 Å². The molecule has 0 saturated carbocycles. The predicted molar refractivity (Wildman–Crippen MR) is 121 cm³/mol. The van der Waals surface area contributed by atoms with Crippen molar-refractivity contribution in [2.24, 2.45) is 0 Å². The number of nitriles is 1. The molecule has 0 aliphatic heterocycles. The Kier molecular flexibility index (Phi) is 7.20. The summed E-state index contributed by atoms with van der Waals surface area (Å²) < 4.78 is 11.3. The van der Waals surface area contributed by atoms with Crippen molar-refractivity contribution in [3.05, 3.63) is 94.0 Å². The van der Waals surface area contributed by atoms with Crippen LogP contribution in [0.1, 0.15) is 15.9 Å². The number of halogens is 1. The van der Waals surface area contributed by atoms with Crippen LogP contribution in [-0.4, -0.2) is 19.0 Å². The second-order valence-electron chi connectivity index (χ2n) is 6.32. The Hall–Kier alpha value is -3.89. The molecule has 154 valence electrons. The molecule has 0 radical (unpaired) electrons. The number of carbonyl (C=O) groups excluding carboxylic acids is 2. The number of hydrogen-bond donors (Lipinski definition) is 1. The van der Waals surface area contributed by atoms with E-state index in [0.29, 0.717) is 28.3 Å². The number of nitrogens with one attached hydrogen (secondary N) is 1. The van der Waals surface area contributed by atoms with Gasteiger partial charge in [-0.1, -0.05) is 34.1 Å². The van der Waals surface area contributed by atoms with Gasteiger partial charge in [-0.3, -0.25) is 4.79 Å². The van der Waals surface area contributed by atoms with Crippen molar-refractivity contribution in [3.63, 3.8) is 0 Å². The fourth-order valence-electron chi connectivity index (χ4n) is 2.60. The summed E-state index contributed by atoms with van der Waals surface area (Å²) >= 11 is 3.32. The van der Waals surface area contributed by atoms with E-state index in [9.17, 15) is 14.9 Å². The largest absolute Gasteiger partial charge is 0.497 e. The Balaban J connectivity index is 1.68. The van der Waals surface area contributed by atoms with E-state index in [2.05, 4.69) is 21.2 Å². The molecule has 0 unspecified atom stereocenters. The van der Waals surface area contributed by atoms with Gasteiger partial charge in [0.05, 0.1) is 12.7 Å². The van der Waals surface area contributed by atoms with Crippen LogP contribution in [0.25, 0.3) is 6.08 Å². The van der Waals surface area contributed by atoms with E-state index < -0.39 is 11.9 Å². The molecule has 0 bridgehead atoms. The third kappa shape index (κ3) is 6.04. The van der Waals surface area contributed by atoms with E-state index in [1.807, 2.05) is 6.07 Å². The molecule has 0 aliphatic carbocycles. The lowest BCUT2D eigenvalue weighted by atomic mass is 10.1. The van der Waals surface area contributed by atoms with E-state index in [-0.39, 0.29) is 5.57 Å². The summed E-state index contributed by atoms with van der Waals surface area (Å²) in [7, 11) is 1.53. The first-order valence-electron chi connectivity index (χ1n) is 9.13. The molecule has 3 aromatic carbocycles. The SMILES string of the molecule is COc1cccc(NC(=O)/C(C#N)=C/c2ccc(OC(=O)c3ccc(Br)cc3)cc2)c1. The second-order valence-corrected chi connectivity index (χ2v) is 7.24. The zero-order valence-corrected chi connectivity index (χ0v) is 18.0. The molecule has 3 rings (SSSR count). The average Bonchev–Trinajstić information content (AvgIpc) is 2.79. The summed E-state index contributed by atoms with van der Waals surface area (Å²) in [5, 5.41) is 12.0. The van der Waals surface area contributed by atoms with Crippen LogP contribution in [-0.2, 0) is 4.79 Å². The topological polar surface area (TPSA) is 88.4 Å². The molecule has 0 spiro atoms. The Bertz CT molecular complexity index is 1160. The lowest BCUT2D eigenvalue weighted by Crippen LogP contribution is -2.13. The maximum atomic E-state index is 12.4. The fraction of sp³-hybridized carbons (Fsp3) is 0.0417. The number of carbonyl (C=O) groups is 2. The van der Waals surface area contributed by atoms with Gasteiger partial charge < -0.3 is 14.8 Å². The Labute approximate surface area is 187 Å². The molecule has 0 aliphatic rings. The van der Waals surface area contributed by atoms with Crippen molar-refractivity contribution in [2.75, 3.05) is 12.4 Å². The maximum Gasteiger partial charge on any atom is 0.343 e. The van der Waals surface area contributed by atoms with E-state index >= 15 is 0 Å². The maximum absolute atomic E-state index is 12.4. The molecule has 0 atom stereocenters. The van der Waals surface area contributed by atoms with Crippen LogP contribution in [0.2, 0.25) is 0 Å². The summed E-state index contributed by atoms with van der Waals surface area (Å²) in [6.07, 6.45) is 1.45. The lowest BCUT2D eigenvalue weighted by Gasteiger charge is -2.07. The minimum Gasteiger partial charge on any atom is -0.497 e. The standard InChI is InChI=1S/C24H17BrN2O4/c1-30-22-4-2-3-20(14-22)27-23(28)18(15-26)13-16-5-11-21(12-6-16)31-24(29)17-7-9-19(25)10-8-17/h2-14H,1H3,(H,27,28)/b18-13+. The van der Waals surface area contributed by atoms with E-state index in [1.54, 1.807) is 72.8 Å². The number of rotatable bonds is 6. The smallest absolute Gasteiger partial charge is 0.343 e. The van der Waals surface area contributed by atoms with Crippen molar-refractivity contribution in [3.8, 4) is 17.6 Å². The van der Waals surface area contributed by atoms with E-state index in [0.717, 1.165) is 4.47 Å². The zero-order valence-electron chi connectivity index (χ0n) is 16.5. The van der Waals surface area contributed by atoms with E-state index in [1.165, 1.54) is 13.2 Å². The Morgan fingerprint density at radius 2 is 1.71 bits per heavy atom. The summed E-state index contributed by atoms with van der Waals surface area (Å²) in [5.41, 5.74) is 1.48. The van der Waals surface area contributed by atoms with Gasteiger partial charge in [-0.2, -0.15) is 5.26 Å². The van der Waals surface area contributed by atoms with Gasteiger partial charge in [0.2, 0.25) is 0 Å². The predicted octanol–water partition coefficient (Wildman–Crippen LogP) is 5.22. The molecule has 0 fully saturated rings. The van der Waals surface area contributed by atoms with Crippen LogP contribution in [0.15, 0.2) is 82.8 Å². The van der Waals surface area contributed by atoms with Crippen molar-refractivity contribution < 1.29 is 19.1 Å². The highest BCUT2D eigenvalue weighted by Gasteiger charge is 2.11. The minimum absolute atomic E-state index is 0.0672. The van der Waals surface area contributed by atoms with Gasteiger partial charge in [0.1, 0.15) is 23.1 Å². The van der Waals surface area contributed by atoms with Crippen molar-refractivity contribution in [1.29, 1.82) is 5.26 Å². The van der Waals surface area contributed by atoms with Gasteiger partial charge in [0.15, 0.2) is 0 Å². The number of benzene rings is 3. The van der Waals surface area contributed by atoms with Crippen molar-refractivity contribution >= 4 is 39.6 Å². The van der Waals surface area contributed by atoms with Crippen LogP contribution in [0.5, 0.6) is 11.5 Å². The van der Waals surface area contributed by atoms with Crippen LogP contribution in [0.3, 0.4) is 0 Å². The quantitative estimate of drug-likeness (QED) is 0.228. The Morgan fingerprint density at radius 3 is 2.35 bits per heavy atom. The normalized spacial score (nSPS) is 10.7. The van der Waals surface area contributed by atoms with Gasteiger partial charge >= 0.3 is 5.97 Å². The second kappa shape index (κ2) is 10.2. The van der Waals surface area contributed by atoms with Crippen molar-refractivity contribution in [2.45, 2.75) is 0 Å². The molecule has 1 N–H and O–H groups in total. The monoisotopic (exact) mass is 476 g/mol. The third-order valence-corrected chi connectivity index (χ3v) is 4.70. The number of nitrogens with zero attached hydrogens (tertiary/aromatic N) is 1. The molecule has 31 heavy (non-hydrogen) atoms. The van der Waals surface area contributed by atoms with Crippen molar-refractivity contribution in [1.82, 2.24) is 0 Å². The molecule has 0 heterocycles. The number of hydrogen-bond acceptors (Lipinski definition) is 5. The molecule has 1 amide bonds. The van der Waals surface area contributed by atoms with Gasteiger partial charge in [-0.05, 0) is 60.2 Å². The lowest BCUT2D eigenvalue weighted by molar-refractivity contribution is -0.112. The average molecular weight is 477 g/mol. The van der Waals surface area contributed by atoms with Gasteiger partial charge in [0, 0.05) is 16.2 Å². The first kappa shape index (κ1) is 21.8. The van der Waals surface area contributed by atoms with Crippen LogP contribution in [0.4, 0.5) is 5.69 Å². The summed E-state index contributed by atoms with van der Waals surface area (Å²) in [6, 6.07) is 22.1. The third-order valence-electron chi connectivity index (χ3n) is 4.17. The summed E-state index contributed by atoms with van der Waals surface area (Å²) in [6.45, 7) is 0. The highest BCUT2D eigenvalue weighted by atomic mass is 79.9. The number of ether oxygens (including phenoxy) is 2. The van der Waals surface area contributed by atoms with Gasteiger partial charge in [0.25, 0.3) is 5.91 Å². The summed E-state index contributed by atoms with van der Waals surface area (Å²) in [4.78, 5) is 24.6. The van der Waals surface area contributed by atoms with Crippen LogP contribution >= 0.6 is 15.9 Å². The molecule has 7 heteroatoms. The Morgan fingerprint density at radius 1 is 1.00 bits per heavy atom. The highest BCUT2D eigenvalue weighted by molar-refractivity contribution is 9.10. The van der Waals surface area contributed by atoms with Gasteiger partial charge in [-0.15, -0.1) is 0 Å². The fourth-order valence-corrected chi connectivity index (χ4v) is 2.86. The molecular weight excluding hydrogens is 460 g/mol. The van der Waals surface area contributed by atoms with Gasteiger partial charge in [-0.25, -0.2) is 4.79 Å². The summed E-state index contributed by atoms with van der Waals surface area (Å²) in [5.74, 6) is -0.0781. The molecule has 0 aromatic heterocycles. The number of anilines is 1. The molecule has 3 aromatic rings. The zero-order chi connectivity index (χ0) is 22.2. The minimum atomic E-state index is -0.540. The number of amides is 1. The molecular formula is C24H17BrN2O4. The first-order chi connectivity index (χ1) is 15.0. The highest BCUT2D eigenvalue weighted by Crippen LogP contribution is 2.19.